The van der Waals surface area contributed by atoms with Crippen LogP contribution in [0.15, 0.2) is 29.2 Å². The SMILES string of the molecule is CCOC(=O)C1CCCN(CCSc2ccc(Cl)cc2)C1. The molecule has 0 aliphatic carbocycles. The van der Waals surface area contributed by atoms with E-state index in [1.807, 2.05) is 43.0 Å². The summed E-state index contributed by atoms with van der Waals surface area (Å²) in [6.07, 6.45) is 2.04. The van der Waals surface area contributed by atoms with Crippen molar-refractivity contribution in [3.8, 4) is 0 Å². The van der Waals surface area contributed by atoms with Gasteiger partial charge in [-0.25, -0.2) is 0 Å². The predicted molar refractivity (Wildman–Crippen MR) is 88.0 cm³/mol. The Morgan fingerprint density at radius 1 is 1.43 bits per heavy atom. The Labute approximate surface area is 136 Å². The van der Waals surface area contributed by atoms with Gasteiger partial charge in [-0.3, -0.25) is 4.79 Å². The lowest BCUT2D eigenvalue weighted by molar-refractivity contribution is -0.149. The van der Waals surface area contributed by atoms with E-state index in [-0.39, 0.29) is 11.9 Å². The molecule has 0 aromatic heterocycles. The summed E-state index contributed by atoms with van der Waals surface area (Å²) < 4.78 is 5.13. The van der Waals surface area contributed by atoms with Gasteiger partial charge in [0.25, 0.3) is 0 Å². The molecule has 1 aliphatic heterocycles. The molecular weight excluding hydrogens is 306 g/mol. The van der Waals surface area contributed by atoms with Crippen molar-refractivity contribution in [2.24, 2.45) is 5.92 Å². The molecular formula is C16H22ClNO2S. The van der Waals surface area contributed by atoms with E-state index < -0.39 is 0 Å². The van der Waals surface area contributed by atoms with E-state index in [1.165, 1.54) is 4.90 Å². The zero-order chi connectivity index (χ0) is 15.1. The van der Waals surface area contributed by atoms with Crippen molar-refractivity contribution in [2.75, 3.05) is 32.0 Å². The fourth-order valence-electron chi connectivity index (χ4n) is 2.53. The lowest BCUT2D eigenvalue weighted by Crippen LogP contribution is -2.40. The number of piperidine rings is 1. The van der Waals surface area contributed by atoms with E-state index in [4.69, 9.17) is 16.3 Å². The Hall–Kier alpha value is -0.710. The molecule has 0 spiro atoms. The highest BCUT2D eigenvalue weighted by Crippen LogP contribution is 2.22. The van der Waals surface area contributed by atoms with Crippen LogP contribution in [-0.2, 0) is 9.53 Å². The van der Waals surface area contributed by atoms with Crippen molar-refractivity contribution in [1.29, 1.82) is 0 Å². The van der Waals surface area contributed by atoms with Crippen molar-refractivity contribution < 1.29 is 9.53 Å². The average molecular weight is 328 g/mol. The number of thioether (sulfide) groups is 1. The number of hydrogen-bond acceptors (Lipinski definition) is 4. The molecule has 21 heavy (non-hydrogen) atoms. The fraction of sp³-hybridized carbons (Fsp3) is 0.562. The first-order valence-electron chi connectivity index (χ1n) is 7.46. The Morgan fingerprint density at radius 2 is 2.19 bits per heavy atom. The summed E-state index contributed by atoms with van der Waals surface area (Å²) in [5.41, 5.74) is 0. The molecule has 3 nitrogen and oxygen atoms in total. The Kier molecular flexibility index (Phi) is 6.87. The molecule has 2 rings (SSSR count). The smallest absolute Gasteiger partial charge is 0.310 e. The van der Waals surface area contributed by atoms with Gasteiger partial charge in [0.1, 0.15) is 0 Å². The van der Waals surface area contributed by atoms with Gasteiger partial charge in [0, 0.05) is 28.8 Å². The lowest BCUT2D eigenvalue weighted by atomic mass is 9.98. The fourth-order valence-corrected chi connectivity index (χ4v) is 3.57. The molecule has 0 saturated carbocycles. The standard InChI is InChI=1S/C16H22ClNO2S/c1-2-20-16(19)13-4-3-9-18(12-13)10-11-21-15-7-5-14(17)6-8-15/h5-8,13H,2-4,9-12H2,1H3. The third-order valence-corrected chi connectivity index (χ3v) is 4.86. The second kappa shape index (κ2) is 8.66. The molecule has 0 bridgehead atoms. The molecule has 1 aliphatic rings. The molecule has 0 N–H and O–H groups in total. The molecule has 116 valence electrons. The van der Waals surface area contributed by atoms with E-state index in [2.05, 4.69) is 4.90 Å². The zero-order valence-electron chi connectivity index (χ0n) is 12.4. The summed E-state index contributed by atoms with van der Waals surface area (Å²) in [7, 11) is 0. The summed E-state index contributed by atoms with van der Waals surface area (Å²) >= 11 is 7.70. The Bertz CT molecular complexity index is 452. The molecule has 0 radical (unpaired) electrons. The van der Waals surface area contributed by atoms with Gasteiger partial charge in [-0.2, -0.15) is 0 Å². The van der Waals surface area contributed by atoms with E-state index in [1.54, 1.807) is 0 Å². The normalized spacial score (nSPS) is 19.4. The first kappa shape index (κ1) is 16.7. The third kappa shape index (κ3) is 5.53. The molecule has 0 amide bonds. The molecule has 1 unspecified atom stereocenters. The van der Waals surface area contributed by atoms with E-state index in [0.717, 1.165) is 43.3 Å². The maximum absolute atomic E-state index is 11.8. The highest BCUT2D eigenvalue weighted by atomic mass is 35.5. The van der Waals surface area contributed by atoms with Gasteiger partial charge in [-0.05, 0) is 50.6 Å². The second-order valence-corrected chi connectivity index (χ2v) is 6.80. The molecule has 1 fully saturated rings. The van der Waals surface area contributed by atoms with Crippen LogP contribution in [0.1, 0.15) is 19.8 Å². The van der Waals surface area contributed by atoms with Gasteiger partial charge in [0.2, 0.25) is 0 Å². The highest BCUT2D eigenvalue weighted by Gasteiger charge is 2.26. The van der Waals surface area contributed by atoms with Crippen LogP contribution in [0.5, 0.6) is 0 Å². The first-order valence-corrected chi connectivity index (χ1v) is 8.82. The number of hydrogen-bond donors (Lipinski definition) is 0. The number of benzene rings is 1. The van der Waals surface area contributed by atoms with Crippen LogP contribution < -0.4 is 0 Å². The molecule has 1 heterocycles. The monoisotopic (exact) mass is 327 g/mol. The van der Waals surface area contributed by atoms with Crippen LogP contribution in [0, 0.1) is 5.92 Å². The van der Waals surface area contributed by atoms with Crippen LogP contribution in [0.2, 0.25) is 5.02 Å². The minimum Gasteiger partial charge on any atom is -0.466 e. The Balaban J connectivity index is 1.72. The number of carbonyl (C=O) groups excluding carboxylic acids is 1. The number of carbonyl (C=O) groups is 1. The number of esters is 1. The minimum atomic E-state index is -0.0347. The largest absolute Gasteiger partial charge is 0.466 e. The summed E-state index contributed by atoms with van der Waals surface area (Å²) in [6, 6.07) is 7.93. The summed E-state index contributed by atoms with van der Waals surface area (Å²) in [4.78, 5) is 15.4. The van der Waals surface area contributed by atoms with Crippen molar-refractivity contribution in [1.82, 2.24) is 4.90 Å². The number of ether oxygens (including phenoxy) is 1. The van der Waals surface area contributed by atoms with Crippen LogP contribution in [0.25, 0.3) is 0 Å². The first-order chi connectivity index (χ1) is 10.2. The van der Waals surface area contributed by atoms with Gasteiger partial charge >= 0.3 is 5.97 Å². The van der Waals surface area contributed by atoms with Gasteiger partial charge in [0.05, 0.1) is 12.5 Å². The van der Waals surface area contributed by atoms with Gasteiger partial charge in [0.15, 0.2) is 0 Å². The predicted octanol–water partition coefficient (Wildman–Crippen LogP) is 3.71. The van der Waals surface area contributed by atoms with Crippen molar-refractivity contribution in [3.05, 3.63) is 29.3 Å². The molecule has 1 atom stereocenters. The maximum Gasteiger partial charge on any atom is 0.310 e. The molecule has 5 heteroatoms. The van der Waals surface area contributed by atoms with Crippen LogP contribution in [-0.4, -0.2) is 42.9 Å². The van der Waals surface area contributed by atoms with Crippen LogP contribution in [0.4, 0.5) is 0 Å². The maximum atomic E-state index is 11.8. The number of nitrogens with zero attached hydrogens (tertiary/aromatic N) is 1. The van der Waals surface area contributed by atoms with Crippen LogP contribution in [0.3, 0.4) is 0 Å². The molecule has 1 aromatic rings. The van der Waals surface area contributed by atoms with Gasteiger partial charge in [-0.1, -0.05) is 11.6 Å². The molecule has 1 aromatic carbocycles. The Morgan fingerprint density at radius 3 is 2.90 bits per heavy atom. The highest BCUT2D eigenvalue weighted by molar-refractivity contribution is 7.99. The van der Waals surface area contributed by atoms with E-state index in [9.17, 15) is 4.79 Å². The second-order valence-electron chi connectivity index (χ2n) is 5.19. The number of halogens is 1. The van der Waals surface area contributed by atoms with Crippen LogP contribution >= 0.6 is 23.4 Å². The van der Waals surface area contributed by atoms with Crippen molar-refractivity contribution >= 4 is 29.3 Å². The van der Waals surface area contributed by atoms with Gasteiger partial charge in [-0.15, -0.1) is 11.8 Å². The average Bonchev–Trinajstić information content (AvgIpc) is 2.50. The lowest BCUT2D eigenvalue weighted by Gasteiger charge is -2.31. The number of rotatable bonds is 6. The van der Waals surface area contributed by atoms with E-state index >= 15 is 0 Å². The molecule has 1 saturated heterocycles. The van der Waals surface area contributed by atoms with Crippen molar-refractivity contribution in [3.63, 3.8) is 0 Å². The van der Waals surface area contributed by atoms with E-state index in [0.29, 0.717) is 6.61 Å². The minimum absolute atomic E-state index is 0.0347. The zero-order valence-corrected chi connectivity index (χ0v) is 14.0. The summed E-state index contributed by atoms with van der Waals surface area (Å²) in [5, 5.41) is 0.771. The summed E-state index contributed by atoms with van der Waals surface area (Å²) in [5.74, 6) is 1.05. The topological polar surface area (TPSA) is 29.5 Å². The van der Waals surface area contributed by atoms with Crippen molar-refractivity contribution in [2.45, 2.75) is 24.7 Å². The quantitative estimate of drug-likeness (QED) is 0.588. The third-order valence-electron chi connectivity index (χ3n) is 3.62. The summed E-state index contributed by atoms with van der Waals surface area (Å²) in [6.45, 7) is 5.25. The number of likely N-dealkylation sites (tertiary alicyclic amines) is 1. The van der Waals surface area contributed by atoms with Gasteiger partial charge < -0.3 is 9.64 Å².